The molecule has 3 rings (SSSR count). The summed E-state index contributed by atoms with van der Waals surface area (Å²) < 4.78 is 9.97. The van der Waals surface area contributed by atoms with E-state index in [4.69, 9.17) is 9.47 Å². The van der Waals surface area contributed by atoms with Crippen molar-refractivity contribution in [1.29, 1.82) is 0 Å². The van der Waals surface area contributed by atoms with Crippen LogP contribution in [-0.4, -0.2) is 51.7 Å². The van der Waals surface area contributed by atoms with Gasteiger partial charge in [-0.3, -0.25) is 14.4 Å². The molecule has 0 radical (unpaired) electrons. The van der Waals surface area contributed by atoms with Gasteiger partial charge in [0.25, 0.3) is 0 Å². The highest BCUT2D eigenvalue weighted by Crippen LogP contribution is 2.51. The summed E-state index contributed by atoms with van der Waals surface area (Å²) in [6.07, 6.45) is 4.34. The number of aliphatic hydroxyl groups is 1. The first-order chi connectivity index (χ1) is 13.6. The summed E-state index contributed by atoms with van der Waals surface area (Å²) in [5, 5.41) is 11.2. The number of rotatable bonds is 4. The topological polar surface area (TPSA) is 89.9 Å². The Bertz CT molecular complexity index is 839. The van der Waals surface area contributed by atoms with Gasteiger partial charge in [-0.15, -0.1) is 0 Å². The SMILES string of the molecule is COC(=O)C1(C(=O)OC)CC2=C(C[C@@H]3CCC(=O)/C3=C(CO)/C([Si](C)(C)C)=C\2)C1. The lowest BCUT2D eigenvalue weighted by atomic mass is 9.82. The lowest BCUT2D eigenvalue weighted by Gasteiger charge is -2.28. The molecule has 29 heavy (non-hydrogen) atoms. The average Bonchev–Trinajstić information content (AvgIpc) is 3.20. The molecule has 0 aromatic heterocycles. The van der Waals surface area contributed by atoms with E-state index in [1.807, 2.05) is 6.08 Å². The Labute approximate surface area is 172 Å². The maximum absolute atomic E-state index is 12.7. The smallest absolute Gasteiger partial charge is 0.323 e. The van der Waals surface area contributed by atoms with E-state index in [1.54, 1.807) is 0 Å². The number of carbonyl (C=O) groups excluding carboxylic acids is 3. The molecule has 0 unspecified atom stereocenters. The zero-order chi connectivity index (χ0) is 21.6. The van der Waals surface area contributed by atoms with Gasteiger partial charge in [-0.05, 0) is 42.7 Å². The van der Waals surface area contributed by atoms with E-state index >= 15 is 0 Å². The molecule has 1 atom stereocenters. The molecule has 0 spiro atoms. The molecule has 0 heterocycles. The molecule has 3 aliphatic rings. The van der Waals surface area contributed by atoms with E-state index < -0.39 is 25.4 Å². The van der Waals surface area contributed by atoms with Gasteiger partial charge in [-0.2, -0.15) is 0 Å². The molecule has 0 aromatic carbocycles. The van der Waals surface area contributed by atoms with Crippen molar-refractivity contribution in [3.63, 3.8) is 0 Å². The van der Waals surface area contributed by atoms with Crippen molar-refractivity contribution in [1.82, 2.24) is 0 Å². The fraction of sp³-hybridized carbons (Fsp3) is 0.591. The predicted molar refractivity (Wildman–Crippen MR) is 111 cm³/mol. The molecule has 158 valence electrons. The average molecular weight is 419 g/mol. The number of carbonyl (C=O) groups is 3. The zero-order valence-electron chi connectivity index (χ0n) is 17.9. The summed E-state index contributed by atoms with van der Waals surface area (Å²) in [7, 11) is 0.629. The van der Waals surface area contributed by atoms with Gasteiger partial charge in [0.1, 0.15) is 0 Å². The molecule has 0 bridgehead atoms. The second-order valence-electron chi connectivity index (χ2n) is 9.27. The summed E-state index contributed by atoms with van der Waals surface area (Å²) in [5.41, 5.74) is 2.10. The normalized spacial score (nSPS) is 28.1. The molecule has 3 aliphatic carbocycles. The summed E-state index contributed by atoms with van der Waals surface area (Å²) >= 11 is 0. The minimum Gasteiger partial charge on any atom is -0.468 e. The number of hydrogen-bond donors (Lipinski definition) is 1. The number of ether oxygens (including phenoxy) is 2. The van der Waals surface area contributed by atoms with Crippen LogP contribution in [-0.2, 0) is 23.9 Å². The molecule has 0 saturated heterocycles. The van der Waals surface area contributed by atoms with Crippen LogP contribution in [0.25, 0.3) is 0 Å². The third kappa shape index (κ3) is 3.55. The first kappa shape index (κ1) is 21.7. The zero-order valence-corrected chi connectivity index (χ0v) is 18.9. The second kappa shape index (κ2) is 7.68. The van der Waals surface area contributed by atoms with Gasteiger partial charge in [-0.1, -0.05) is 36.5 Å². The van der Waals surface area contributed by atoms with Gasteiger partial charge < -0.3 is 14.6 Å². The number of fused-ring (bicyclic) bond motifs is 1. The van der Waals surface area contributed by atoms with Crippen LogP contribution >= 0.6 is 0 Å². The number of methoxy groups -OCH3 is 2. The van der Waals surface area contributed by atoms with Crippen LogP contribution in [0.5, 0.6) is 0 Å². The Morgan fingerprint density at radius 2 is 1.79 bits per heavy atom. The summed E-state index contributed by atoms with van der Waals surface area (Å²) in [4.78, 5) is 38.0. The van der Waals surface area contributed by atoms with Crippen LogP contribution in [0.2, 0.25) is 19.6 Å². The van der Waals surface area contributed by atoms with Gasteiger partial charge in [0, 0.05) is 12.0 Å². The Morgan fingerprint density at radius 3 is 2.31 bits per heavy atom. The van der Waals surface area contributed by atoms with Crippen molar-refractivity contribution < 1.29 is 29.0 Å². The number of hydrogen-bond acceptors (Lipinski definition) is 6. The van der Waals surface area contributed by atoms with Crippen molar-refractivity contribution >= 4 is 25.8 Å². The molecule has 7 heteroatoms. The fourth-order valence-corrected chi connectivity index (χ4v) is 6.81. The number of esters is 2. The molecule has 0 aromatic rings. The Kier molecular flexibility index (Phi) is 5.75. The molecule has 1 N–H and O–H groups in total. The van der Waals surface area contributed by atoms with E-state index in [0.29, 0.717) is 12.8 Å². The van der Waals surface area contributed by atoms with Crippen LogP contribution in [0.3, 0.4) is 0 Å². The van der Waals surface area contributed by atoms with Crippen LogP contribution in [0.1, 0.15) is 32.1 Å². The van der Waals surface area contributed by atoms with Gasteiger partial charge in [0.2, 0.25) is 0 Å². The predicted octanol–water partition coefficient (Wildman–Crippen LogP) is 2.88. The standard InChI is InChI=1S/C22H30O6Si/c1-27-20(25)22(21(26)28-2)10-14-8-13-6-7-17(24)19(13)16(12-23)18(29(3,4)5)9-15(14)11-22/h9,13,23H,6-8,10-12H2,1-5H3/b18-9+,19-16+/t13-/m0/s1. The fourth-order valence-electron chi connectivity index (χ4n) is 5.08. The molecule has 6 nitrogen and oxygen atoms in total. The Balaban J connectivity index is 2.18. The summed E-state index contributed by atoms with van der Waals surface area (Å²) in [6, 6.07) is 0. The molecule has 0 aliphatic heterocycles. The lowest BCUT2D eigenvalue weighted by Crippen LogP contribution is -2.39. The molecule has 1 fully saturated rings. The van der Waals surface area contributed by atoms with Crippen molar-refractivity contribution in [2.24, 2.45) is 11.3 Å². The van der Waals surface area contributed by atoms with E-state index in [-0.39, 0.29) is 31.1 Å². The lowest BCUT2D eigenvalue weighted by molar-refractivity contribution is -0.168. The first-order valence-electron chi connectivity index (χ1n) is 10.1. The quantitative estimate of drug-likeness (QED) is 0.429. The number of aliphatic hydroxyl groups excluding tert-OH is 1. The van der Waals surface area contributed by atoms with Crippen molar-refractivity contribution in [2.45, 2.75) is 51.7 Å². The van der Waals surface area contributed by atoms with E-state index in [2.05, 4.69) is 19.6 Å². The maximum atomic E-state index is 12.7. The highest BCUT2D eigenvalue weighted by atomic mass is 28.3. The van der Waals surface area contributed by atoms with Crippen molar-refractivity contribution in [2.75, 3.05) is 20.8 Å². The van der Waals surface area contributed by atoms with Crippen LogP contribution < -0.4 is 0 Å². The molecule has 1 saturated carbocycles. The van der Waals surface area contributed by atoms with Gasteiger partial charge in [0.05, 0.1) is 28.9 Å². The van der Waals surface area contributed by atoms with E-state index in [1.165, 1.54) is 14.2 Å². The summed E-state index contributed by atoms with van der Waals surface area (Å²) in [6.45, 7) is 6.35. The highest BCUT2D eigenvalue weighted by Gasteiger charge is 2.54. The van der Waals surface area contributed by atoms with E-state index in [9.17, 15) is 19.5 Å². The number of Topliss-reactive ketones (excluding diaryl/α,β-unsaturated/α-hetero) is 1. The van der Waals surface area contributed by atoms with Crippen LogP contribution in [0, 0.1) is 11.3 Å². The van der Waals surface area contributed by atoms with Crippen LogP contribution in [0.15, 0.2) is 33.6 Å². The third-order valence-electron chi connectivity index (χ3n) is 6.47. The molecule has 0 amide bonds. The number of ketones is 1. The van der Waals surface area contributed by atoms with Gasteiger partial charge in [0.15, 0.2) is 11.2 Å². The monoisotopic (exact) mass is 418 g/mol. The summed E-state index contributed by atoms with van der Waals surface area (Å²) in [5.74, 6) is -1.05. The maximum Gasteiger partial charge on any atom is 0.323 e. The van der Waals surface area contributed by atoms with Crippen molar-refractivity contribution in [3.8, 4) is 0 Å². The largest absolute Gasteiger partial charge is 0.468 e. The third-order valence-corrected chi connectivity index (χ3v) is 8.53. The Morgan fingerprint density at radius 1 is 1.17 bits per heavy atom. The van der Waals surface area contributed by atoms with Crippen LogP contribution in [0.4, 0.5) is 0 Å². The van der Waals surface area contributed by atoms with Gasteiger partial charge >= 0.3 is 11.9 Å². The second-order valence-corrected chi connectivity index (χ2v) is 14.3. The number of allylic oxidation sites excluding steroid dienone is 4. The van der Waals surface area contributed by atoms with E-state index in [0.717, 1.165) is 33.9 Å². The van der Waals surface area contributed by atoms with Gasteiger partial charge in [-0.25, -0.2) is 0 Å². The molecular weight excluding hydrogens is 388 g/mol. The highest BCUT2D eigenvalue weighted by molar-refractivity contribution is 6.84. The molecular formula is C22H30O6Si. The minimum absolute atomic E-state index is 0.0146. The first-order valence-corrected chi connectivity index (χ1v) is 13.6. The Hall–Kier alpha value is -1.99. The van der Waals surface area contributed by atoms with Crippen molar-refractivity contribution in [3.05, 3.63) is 33.6 Å². The minimum atomic E-state index is -1.94.